The van der Waals surface area contributed by atoms with Crippen LogP contribution in [-0.4, -0.2) is 4.98 Å². The van der Waals surface area contributed by atoms with Crippen molar-refractivity contribution in [2.45, 2.75) is 6.92 Å². The maximum atomic E-state index is 5.97. The van der Waals surface area contributed by atoms with E-state index in [2.05, 4.69) is 35.4 Å². The van der Waals surface area contributed by atoms with Gasteiger partial charge in [-0.3, -0.25) is 0 Å². The Kier molecular flexibility index (Phi) is 3.35. The smallest absolute Gasteiger partial charge is 0.188 e. The van der Waals surface area contributed by atoms with Crippen molar-refractivity contribution in [2.24, 2.45) is 0 Å². The van der Waals surface area contributed by atoms with Gasteiger partial charge in [-0.1, -0.05) is 40.6 Å². The van der Waals surface area contributed by atoms with Crippen LogP contribution in [0.2, 0.25) is 10.0 Å². The molecule has 0 aliphatic carbocycles. The van der Waals surface area contributed by atoms with E-state index in [-0.39, 0.29) is 0 Å². The molecule has 0 bridgehead atoms. The Hall–Kier alpha value is -1.29. The Morgan fingerprint density at radius 2 is 1.79 bits per heavy atom. The fraction of sp³-hybridized carbons (Fsp3) is 0.0714. The van der Waals surface area contributed by atoms with Crippen LogP contribution in [0.5, 0.6) is 0 Å². The minimum Gasteiger partial charge on any atom is -0.331 e. The molecule has 0 amide bonds. The molecule has 0 atom stereocenters. The number of nitrogens with zero attached hydrogens (tertiary/aromatic N) is 1. The fourth-order valence-electron chi connectivity index (χ4n) is 1.84. The molecule has 0 unspecified atom stereocenters. The van der Waals surface area contributed by atoms with Crippen LogP contribution in [0.25, 0.3) is 10.2 Å². The molecule has 96 valence electrons. The minimum atomic E-state index is 0.604. The van der Waals surface area contributed by atoms with Crippen molar-refractivity contribution < 1.29 is 0 Å². The molecule has 1 heterocycles. The molecule has 0 aliphatic rings. The second-order valence-electron chi connectivity index (χ2n) is 4.27. The lowest BCUT2D eigenvalue weighted by Gasteiger charge is -2.03. The molecular formula is C14H10Cl2N2S. The van der Waals surface area contributed by atoms with Crippen molar-refractivity contribution in [1.82, 2.24) is 4.98 Å². The van der Waals surface area contributed by atoms with E-state index >= 15 is 0 Å². The second-order valence-corrected chi connectivity index (χ2v) is 6.18. The van der Waals surface area contributed by atoms with Gasteiger partial charge in [-0.15, -0.1) is 0 Å². The fourth-order valence-corrected chi connectivity index (χ4v) is 3.23. The topological polar surface area (TPSA) is 24.9 Å². The van der Waals surface area contributed by atoms with Crippen molar-refractivity contribution in [2.75, 3.05) is 5.32 Å². The molecule has 3 rings (SSSR count). The van der Waals surface area contributed by atoms with Crippen molar-refractivity contribution >= 4 is 55.6 Å². The maximum absolute atomic E-state index is 5.97. The summed E-state index contributed by atoms with van der Waals surface area (Å²) in [6.07, 6.45) is 0. The van der Waals surface area contributed by atoms with Gasteiger partial charge in [-0.05, 0) is 42.8 Å². The highest BCUT2D eigenvalue weighted by Gasteiger charge is 2.05. The Balaban J connectivity index is 1.96. The van der Waals surface area contributed by atoms with Crippen molar-refractivity contribution in [3.05, 3.63) is 52.0 Å². The molecule has 1 N–H and O–H groups in total. The van der Waals surface area contributed by atoms with E-state index in [1.807, 2.05) is 12.1 Å². The van der Waals surface area contributed by atoms with Gasteiger partial charge in [0.2, 0.25) is 0 Å². The summed E-state index contributed by atoms with van der Waals surface area (Å²) in [6, 6.07) is 11.6. The molecule has 0 radical (unpaired) electrons. The minimum absolute atomic E-state index is 0.604. The first-order chi connectivity index (χ1) is 9.10. The van der Waals surface area contributed by atoms with Crippen LogP contribution >= 0.6 is 34.5 Å². The van der Waals surface area contributed by atoms with Gasteiger partial charge < -0.3 is 5.32 Å². The molecule has 19 heavy (non-hydrogen) atoms. The largest absolute Gasteiger partial charge is 0.331 e. The van der Waals surface area contributed by atoms with Crippen molar-refractivity contribution in [3.8, 4) is 0 Å². The molecule has 2 nitrogen and oxygen atoms in total. The first-order valence-corrected chi connectivity index (χ1v) is 7.28. The van der Waals surface area contributed by atoms with Gasteiger partial charge in [0.1, 0.15) is 0 Å². The standard InChI is InChI=1S/C14H10Cl2N2S/c1-8-2-3-13-12(4-8)18-14(19-13)17-11-6-9(15)5-10(16)7-11/h2-7H,1H3,(H,17,18). The first-order valence-electron chi connectivity index (χ1n) is 5.70. The average Bonchev–Trinajstić information content (AvgIpc) is 2.68. The predicted octanol–water partition coefficient (Wildman–Crippen LogP) is 5.66. The van der Waals surface area contributed by atoms with E-state index in [0.29, 0.717) is 10.0 Å². The molecule has 0 spiro atoms. The average molecular weight is 309 g/mol. The number of benzene rings is 2. The highest BCUT2D eigenvalue weighted by molar-refractivity contribution is 7.22. The van der Waals surface area contributed by atoms with Crippen LogP contribution < -0.4 is 5.32 Å². The number of thiazole rings is 1. The first kappa shape index (κ1) is 12.7. The predicted molar refractivity (Wildman–Crippen MR) is 84.1 cm³/mol. The van der Waals surface area contributed by atoms with Gasteiger partial charge in [-0.25, -0.2) is 4.98 Å². The lowest BCUT2D eigenvalue weighted by Crippen LogP contribution is -1.88. The number of nitrogens with one attached hydrogen (secondary N) is 1. The highest BCUT2D eigenvalue weighted by Crippen LogP contribution is 2.30. The molecule has 5 heteroatoms. The molecular weight excluding hydrogens is 299 g/mol. The van der Waals surface area contributed by atoms with Crippen LogP contribution in [0.1, 0.15) is 5.56 Å². The third-order valence-electron chi connectivity index (χ3n) is 2.66. The molecule has 0 saturated carbocycles. The zero-order chi connectivity index (χ0) is 13.4. The summed E-state index contributed by atoms with van der Waals surface area (Å²) in [4.78, 5) is 4.55. The van der Waals surface area contributed by atoms with Gasteiger partial charge in [0, 0.05) is 15.7 Å². The van der Waals surface area contributed by atoms with Gasteiger partial charge in [0.15, 0.2) is 5.13 Å². The Bertz CT molecular complexity index is 732. The third kappa shape index (κ3) is 2.84. The van der Waals surface area contributed by atoms with Gasteiger partial charge in [-0.2, -0.15) is 0 Å². The molecule has 0 saturated heterocycles. The maximum Gasteiger partial charge on any atom is 0.188 e. The van der Waals surface area contributed by atoms with E-state index in [1.54, 1.807) is 17.4 Å². The van der Waals surface area contributed by atoms with Crippen LogP contribution in [0.4, 0.5) is 10.8 Å². The SMILES string of the molecule is Cc1ccc2sc(Nc3cc(Cl)cc(Cl)c3)nc2c1. The van der Waals surface area contributed by atoms with Gasteiger partial charge >= 0.3 is 0 Å². The highest BCUT2D eigenvalue weighted by atomic mass is 35.5. The Morgan fingerprint density at radius 3 is 2.53 bits per heavy atom. The van der Waals surface area contributed by atoms with Crippen LogP contribution in [-0.2, 0) is 0 Å². The number of rotatable bonds is 2. The Morgan fingerprint density at radius 1 is 1.05 bits per heavy atom. The monoisotopic (exact) mass is 308 g/mol. The molecule has 2 aromatic carbocycles. The van der Waals surface area contributed by atoms with E-state index in [9.17, 15) is 0 Å². The van der Waals surface area contributed by atoms with Crippen LogP contribution in [0.3, 0.4) is 0 Å². The Labute approximate surface area is 125 Å². The summed E-state index contributed by atoms with van der Waals surface area (Å²) < 4.78 is 1.15. The molecule has 0 aliphatic heterocycles. The molecule has 1 aromatic heterocycles. The summed E-state index contributed by atoms with van der Waals surface area (Å²) in [5, 5.41) is 5.27. The molecule has 0 fully saturated rings. The quantitative estimate of drug-likeness (QED) is 0.661. The summed E-state index contributed by atoms with van der Waals surface area (Å²) in [7, 11) is 0. The second kappa shape index (κ2) is 5.00. The molecule has 3 aromatic rings. The van der Waals surface area contributed by atoms with E-state index < -0.39 is 0 Å². The number of fused-ring (bicyclic) bond motifs is 1. The zero-order valence-corrected chi connectivity index (χ0v) is 12.4. The summed E-state index contributed by atoms with van der Waals surface area (Å²) in [6.45, 7) is 2.06. The van der Waals surface area contributed by atoms with E-state index in [0.717, 1.165) is 21.0 Å². The third-order valence-corrected chi connectivity index (χ3v) is 4.05. The zero-order valence-electron chi connectivity index (χ0n) is 10.1. The normalized spacial score (nSPS) is 10.9. The number of aromatic nitrogens is 1. The lowest BCUT2D eigenvalue weighted by molar-refractivity contribution is 1.42. The van der Waals surface area contributed by atoms with E-state index in [1.165, 1.54) is 5.56 Å². The number of anilines is 2. The van der Waals surface area contributed by atoms with Crippen LogP contribution in [0.15, 0.2) is 36.4 Å². The number of halogens is 2. The van der Waals surface area contributed by atoms with E-state index in [4.69, 9.17) is 23.2 Å². The lowest BCUT2D eigenvalue weighted by atomic mass is 10.2. The van der Waals surface area contributed by atoms with Crippen molar-refractivity contribution in [3.63, 3.8) is 0 Å². The van der Waals surface area contributed by atoms with Crippen LogP contribution in [0, 0.1) is 6.92 Å². The number of aryl methyl sites for hydroxylation is 1. The van der Waals surface area contributed by atoms with Gasteiger partial charge in [0.25, 0.3) is 0 Å². The van der Waals surface area contributed by atoms with Crippen molar-refractivity contribution in [1.29, 1.82) is 0 Å². The number of hydrogen-bond donors (Lipinski definition) is 1. The van der Waals surface area contributed by atoms with Gasteiger partial charge in [0.05, 0.1) is 10.2 Å². The summed E-state index contributed by atoms with van der Waals surface area (Å²) >= 11 is 13.6. The summed E-state index contributed by atoms with van der Waals surface area (Å²) in [5.74, 6) is 0. The number of hydrogen-bond acceptors (Lipinski definition) is 3. The summed E-state index contributed by atoms with van der Waals surface area (Å²) in [5.41, 5.74) is 3.05.